The number of Topliss-reactive ketones (excluding diaryl/α,β-unsaturated/α-hetero) is 1. The number of carbonyl (C=O) groups is 1. The molecule has 0 radical (unpaired) electrons. The third-order valence-corrected chi connectivity index (χ3v) is 6.72. The van der Waals surface area contributed by atoms with E-state index < -0.39 is 23.4 Å². The summed E-state index contributed by atoms with van der Waals surface area (Å²) in [6.07, 6.45) is 3.84. The summed E-state index contributed by atoms with van der Waals surface area (Å²) < 4.78 is 5.30. The number of benzene rings is 3. The Bertz CT molecular complexity index is 1300. The lowest BCUT2D eigenvalue weighted by molar-refractivity contribution is 0.0951. The van der Waals surface area contributed by atoms with Crippen molar-refractivity contribution in [2.45, 2.75) is 18.0 Å². The molecule has 0 aromatic heterocycles. The highest BCUT2D eigenvalue weighted by Gasteiger charge is 2.63. The van der Waals surface area contributed by atoms with E-state index >= 15 is 0 Å². The summed E-state index contributed by atoms with van der Waals surface area (Å²) in [4.78, 5) is 16.0. The predicted molar refractivity (Wildman–Crippen MR) is 126 cm³/mol. The number of para-hydroxylation sites is 1. The lowest BCUT2D eigenvalue weighted by Crippen LogP contribution is -2.44. The van der Waals surface area contributed by atoms with Crippen LogP contribution in [0.5, 0.6) is 5.75 Å². The van der Waals surface area contributed by atoms with Crippen LogP contribution in [0, 0.1) is 28.1 Å². The summed E-state index contributed by atoms with van der Waals surface area (Å²) >= 11 is 0. The summed E-state index contributed by atoms with van der Waals surface area (Å²) in [6.45, 7) is 0. The van der Waals surface area contributed by atoms with Crippen LogP contribution in [0.15, 0.2) is 84.9 Å². The largest absolute Gasteiger partial charge is 0.497 e. The number of methoxy groups -OCH3 is 1. The maximum absolute atomic E-state index is 14.0. The molecule has 2 aliphatic rings. The van der Waals surface area contributed by atoms with Gasteiger partial charge in [-0.1, -0.05) is 72.8 Å². The molecule has 0 aliphatic carbocycles. The van der Waals surface area contributed by atoms with Crippen molar-refractivity contribution in [1.29, 1.82) is 10.5 Å². The van der Waals surface area contributed by atoms with E-state index in [2.05, 4.69) is 12.1 Å². The average Bonchev–Trinajstić information content (AvgIpc) is 3.19. The molecule has 0 amide bonds. The number of anilines is 1. The Morgan fingerprint density at radius 1 is 0.939 bits per heavy atom. The summed E-state index contributed by atoms with van der Waals surface area (Å²) in [7, 11) is 1.59. The van der Waals surface area contributed by atoms with Gasteiger partial charge in [0.15, 0.2) is 11.2 Å². The number of ether oxygens (including phenoxy) is 1. The molecule has 0 saturated carbocycles. The van der Waals surface area contributed by atoms with Crippen molar-refractivity contribution in [2.75, 3.05) is 12.0 Å². The van der Waals surface area contributed by atoms with Gasteiger partial charge in [0.05, 0.1) is 25.3 Å². The van der Waals surface area contributed by atoms with Crippen molar-refractivity contribution < 1.29 is 9.53 Å². The van der Waals surface area contributed by atoms with Crippen LogP contribution >= 0.6 is 0 Å². The van der Waals surface area contributed by atoms with Gasteiger partial charge in [0.2, 0.25) is 0 Å². The Balaban J connectivity index is 1.77. The van der Waals surface area contributed by atoms with Crippen molar-refractivity contribution in [3.63, 3.8) is 0 Å². The van der Waals surface area contributed by atoms with Crippen LogP contribution in [0.2, 0.25) is 0 Å². The number of nitrogens with zero attached hydrogens (tertiary/aromatic N) is 3. The quantitative estimate of drug-likeness (QED) is 0.545. The van der Waals surface area contributed by atoms with Crippen LogP contribution in [0.3, 0.4) is 0 Å². The number of ketones is 1. The van der Waals surface area contributed by atoms with Gasteiger partial charge in [-0.15, -0.1) is 0 Å². The Kier molecular flexibility index (Phi) is 4.96. The molecule has 1 saturated heterocycles. The number of hydrogen-bond donors (Lipinski definition) is 0. The molecule has 5 nitrogen and oxygen atoms in total. The monoisotopic (exact) mass is 431 g/mol. The van der Waals surface area contributed by atoms with Crippen molar-refractivity contribution in [1.82, 2.24) is 0 Å². The fraction of sp³-hybridized carbons (Fsp3) is 0.179. The van der Waals surface area contributed by atoms with Crippen molar-refractivity contribution in [2.24, 2.45) is 5.41 Å². The SMILES string of the molecule is COc1ccc(C2C(C(=O)c3ccccc3)N3c4ccccc4C=CC3C2(C#N)C#N)cc1. The van der Waals surface area contributed by atoms with Gasteiger partial charge >= 0.3 is 0 Å². The molecular formula is C28H21N3O2. The molecule has 2 aliphatic heterocycles. The molecular weight excluding hydrogens is 410 g/mol. The van der Waals surface area contributed by atoms with E-state index in [1.165, 1.54) is 0 Å². The highest BCUT2D eigenvalue weighted by atomic mass is 16.5. The van der Waals surface area contributed by atoms with Gasteiger partial charge in [0.25, 0.3) is 0 Å². The molecule has 5 heteroatoms. The number of hydrogen-bond acceptors (Lipinski definition) is 5. The minimum atomic E-state index is -1.45. The molecule has 3 atom stereocenters. The highest BCUT2D eigenvalue weighted by Crippen LogP contribution is 2.55. The molecule has 0 bridgehead atoms. The normalized spacial score (nSPS) is 21.9. The topological polar surface area (TPSA) is 77.1 Å². The second-order valence-corrected chi connectivity index (χ2v) is 8.29. The van der Waals surface area contributed by atoms with E-state index in [4.69, 9.17) is 4.74 Å². The molecule has 3 aromatic rings. The minimum Gasteiger partial charge on any atom is -0.497 e. The molecule has 33 heavy (non-hydrogen) atoms. The first kappa shape index (κ1) is 20.5. The van der Waals surface area contributed by atoms with Crippen molar-refractivity contribution >= 4 is 17.5 Å². The van der Waals surface area contributed by atoms with Crippen LogP contribution in [0.4, 0.5) is 5.69 Å². The van der Waals surface area contributed by atoms with E-state index in [0.29, 0.717) is 11.3 Å². The van der Waals surface area contributed by atoms with E-state index in [9.17, 15) is 15.3 Å². The summed E-state index contributed by atoms with van der Waals surface area (Å²) in [5, 5.41) is 20.9. The number of nitriles is 2. The Morgan fingerprint density at radius 2 is 1.61 bits per heavy atom. The smallest absolute Gasteiger partial charge is 0.185 e. The molecule has 160 valence electrons. The third-order valence-electron chi connectivity index (χ3n) is 6.72. The third kappa shape index (κ3) is 3.02. The van der Waals surface area contributed by atoms with Crippen LogP contribution in [-0.4, -0.2) is 25.0 Å². The van der Waals surface area contributed by atoms with Gasteiger partial charge in [-0.2, -0.15) is 10.5 Å². The van der Waals surface area contributed by atoms with Crippen LogP contribution < -0.4 is 9.64 Å². The fourth-order valence-corrected chi connectivity index (χ4v) is 5.19. The first-order chi connectivity index (χ1) is 16.1. The highest BCUT2D eigenvalue weighted by molar-refractivity contribution is 6.04. The molecule has 2 heterocycles. The standard InChI is InChI=1S/C28H21N3O2/c1-33-22-14-11-20(12-15-22)25-26(27(32)21-8-3-2-4-9-21)31-23-10-6-5-7-19(23)13-16-24(31)28(25,17-29)18-30/h2-16,24-26H,1H3. The van der Waals surface area contributed by atoms with Gasteiger partial charge in [0, 0.05) is 17.2 Å². The van der Waals surface area contributed by atoms with Gasteiger partial charge in [-0.25, -0.2) is 0 Å². The zero-order chi connectivity index (χ0) is 23.0. The molecule has 5 rings (SSSR count). The zero-order valence-corrected chi connectivity index (χ0v) is 18.1. The number of carbonyl (C=O) groups excluding carboxylic acids is 1. The van der Waals surface area contributed by atoms with Gasteiger partial charge in [0.1, 0.15) is 11.8 Å². The van der Waals surface area contributed by atoms with Gasteiger partial charge in [-0.05, 0) is 29.3 Å². The predicted octanol–water partition coefficient (Wildman–Crippen LogP) is 4.98. The molecule has 0 N–H and O–H groups in total. The van der Waals surface area contributed by atoms with Crippen molar-refractivity contribution in [3.8, 4) is 17.9 Å². The molecule has 3 unspecified atom stereocenters. The lowest BCUT2D eigenvalue weighted by Gasteiger charge is -2.35. The second-order valence-electron chi connectivity index (χ2n) is 8.29. The molecule has 0 spiro atoms. The summed E-state index contributed by atoms with van der Waals surface area (Å²) in [5.74, 6) is -0.101. The maximum atomic E-state index is 14.0. The first-order valence-electron chi connectivity index (χ1n) is 10.8. The Labute approximate surface area is 192 Å². The van der Waals surface area contributed by atoms with Gasteiger partial charge < -0.3 is 9.64 Å². The number of rotatable bonds is 4. The Morgan fingerprint density at radius 3 is 2.27 bits per heavy atom. The van der Waals surface area contributed by atoms with Crippen molar-refractivity contribution in [3.05, 3.63) is 102 Å². The van der Waals surface area contributed by atoms with Crippen LogP contribution in [0.25, 0.3) is 6.08 Å². The van der Waals surface area contributed by atoms with Crippen LogP contribution in [-0.2, 0) is 0 Å². The van der Waals surface area contributed by atoms with E-state index in [1.807, 2.05) is 71.6 Å². The lowest BCUT2D eigenvalue weighted by atomic mass is 9.69. The van der Waals surface area contributed by atoms with E-state index in [-0.39, 0.29) is 5.78 Å². The summed E-state index contributed by atoms with van der Waals surface area (Å²) in [6, 6.07) is 27.6. The van der Waals surface area contributed by atoms with Crippen LogP contribution in [0.1, 0.15) is 27.4 Å². The average molecular weight is 431 g/mol. The maximum Gasteiger partial charge on any atom is 0.185 e. The number of fused-ring (bicyclic) bond motifs is 3. The second kappa shape index (κ2) is 7.97. The van der Waals surface area contributed by atoms with E-state index in [1.54, 1.807) is 31.4 Å². The zero-order valence-electron chi connectivity index (χ0n) is 18.1. The first-order valence-corrected chi connectivity index (χ1v) is 10.8. The molecule has 1 fully saturated rings. The Hall–Kier alpha value is -4.35. The van der Waals surface area contributed by atoms with Gasteiger partial charge in [-0.3, -0.25) is 4.79 Å². The minimum absolute atomic E-state index is 0.112. The van der Waals surface area contributed by atoms with E-state index in [0.717, 1.165) is 16.8 Å². The fourth-order valence-electron chi connectivity index (χ4n) is 5.19. The summed E-state index contributed by atoms with van der Waals surface area (Å²) in [5.41, 5.74) is 1.67. The molecule has 3 aromatic carbocycles.